The third kappa shape index (κ3) is 4.79. The van der Waals surface area contributed by atoms with Gasteiger partial charge in [-0.2, -0.15) is 0 Å². The van der Waals surface area contributed by atoms with Crippen LogP contribution in [0, 0.1) is 5.92 Å². The van der Waals surface area contributed by atoms with Crippen LogP contribution < -0.4 is 16.0 Å². The summed E-state index contributed by atoms with van der Waals surface area (Å²) in [4.78, 5) is 41.8. The van der Waals surface area contributed by atoms with Crippen molar-refractivity contribution in [2.75, 3.05) is 31.5 Å². The molecule has 3 N–H and O–H groups in total. The van der Waals surface area contributed by atoms with Crippen molar-refractivity contribution in [3.05, 3.63) is 11.1 Å². The maximum absolute atomic E-state index is 12.7. The van der Waals surface area contributed by atoms with Crippen molar-refractivity contribution in [1.82, 2.24) is 20.5 Å². The van der Waals surface area contributed by atoms with Gasteiger partial charge in [-0.3, -0.25) is 14.4 Å². The summed E-state index contributed by atoms with van der Waals surface area (Å²) in [6.07, 6.45) is 3.84. The van der Waals surface area contributed by atoms with E-state index < -0.39 is 0 Å². The lowest BCUT2D eigenvalue weighted by Crippen LogP contribution is -2.46. The van der Waals surface area contributed by atoms with Crippen molar-refractivity contribution < 1.29 is 14.4 Å². The second-order valence-corrected chi connectivity index (χ2v) is 7.73. The molecule has 3 rings (SSSR count). The highest BCUT2D eigenvalue weighted by Crippen LogP contribution is 2.21. The second-order valence-electron chi connectivity index (χ2n) is 6.87. The van der Waals surface area contributed by atoms with E-state index in [2.05, 4.69) is 20.9 Å². The van der Waals surface area contributed by atoms with Gasteiger partial charge in [0.2, 0.25) is 11.8 Å². The molecule has 1 aromatic rings. The van der Waals surface area contributed by atoms with Crippen LogP contribution in [0.1, 0.15) is 43.1 Å². The third-order valence-corrected chi connectivity index (χ3v) is 5.51. The van der Waals surface area contributed by atoms with Crippen LogP contribution in [-0.4, -0.2) is 59.8 Å². The molecule has 0 aromatic carbocycles. The molecule has 0 bridgehead atoms. The molecule has 0 radical (unpaired) electrons. The summed E-state index contributed by atoms with van der Waals surface area (Å²) in [5.74, 6) is -0.00729. The van der Waals surface area contributed by atoms with Crippen LogP contribution in [0.3, 0.4) is 0 Å². The third-order valence-electron chi connectivity index (χ3n) is 4.75. The summed E-state index contributed by atoms with van der Waals surface area (Å²) < 4.78 is 0. The Balaban J connectivity index is 1.50. The lowest BCUT2D eigenvalue weighted by Gasteiger charge is -2.32. The average molecular weight is 379 g/mol. The molecule has 1 aromatic heterocycles. The van der Waals surface area contributed by atoms with Gasteiger partial charge < -0.3 is 20.9 Å². The van der Waals surface area contributed by atoms with Crippen LogP contribution in [-0.2, 0) is 9.59 Å². The number of nitrogens with zero attached hydrogens (tertiary/aromatic N) is 2. The monoisotopic (exact) mass is 379 g/mol. The average Bonchev–Trinajstić information content (AvgIpc) is 3.31. The summed E-state index contributed by atoms with van der Waals surface area (Å²) in [5.41, 5.74) is 0.360. The summed E-state index contributed by atoms with van der Waals surface area (Å²) in [6.45, 7) is 4.21. The number of thiazole rings is 1. The minimum Gasteiger partial charge on any atom is -0.354 e. The largest absolute Gasteiger partial charge is 0.354 e. The number of likely N-dealkylation sites (tertiary alicyclic amines) is 1. The molecule has 142 valence electrons. The Bertz CT molecular complexity index is 671. The van der Waals surface area contributed by atoms with Crippen LogP contribution in [0.15, 0.2) is 5.38 Å². The fourth-order valence-corrected chi connectivity index (χ4v) is 4.17. The summed E-state index contributed by atoms with van der Waals surface area (Å²) in [7, 11) is 0. The van der Waals surface area contributed by atoms with E-state index >= 15 is 0 Å². The Morgan fingerprint density at radius 1 is 1.35 bits per heavy atom. The molecule has 3 amide bonds. The van der Waals surface area contributed by atoms with Crippen molar-refractivity contribution in [3.63, 3.8) is 0 Å². The number of carbonyl (C=O) groups excluding carboxylic acids is 3. The van der Waals surface area contributed by atoms with Gasteiger partial charge in [0, 0.05) is 31.9 Å². The number of aromatic nitrogens is 1. The Hall–Kier alpha value is -2.00. The normalized spacial score (nSPS) is 22.9. The zero-order valence-corrected chi connectivity index (χ0v) is 15.7. The van der Waals surface area contributed by atoms with E-state index in [1.54, 1.807) is 10.3 Å². The topological polar surface area (TPSA) is 103 Å². The molecule has 2 aliphatic heterocycles. The van der Waals surface area contributed by atoms with Crippen LogP contribution in [0.4, 0.5) is 5.13 Å². The first-order valence-corrected chi connectivity index (χ1v) is 9.94. The van der Waals surface area contributed by atoms with E-state index in [1.807, 2.05) is 0 Å². The first kappa shape index (κ1) is 18.8. The number of rotatable bonds is 5. The van der Waals surface area contributed by atoms with Gasteiger partial charge in [-0.05, 0) is 38.1 Å². The van der Waals surface area contributed by atoms with Gasteiger partial charge in [-0.1, -0.05) is 0 Å². The predicted molar refractivity (Wildman–Crippen MR) is 99.1 cm³/mol. The van der Waals surface area contributed by atoms with E-state index in [0.29, 0.717) is 30.5 Å². The summed E-state index contributed by atoms with van der Waals surface area (Å²) in [6, 6.07) is -0.0708. The number of hydrogen-bond acceptors (Lipinski definition) is 6. The standard InChI is InChI=1S/C17H25N5O3S/c1-11(23)20-17-21-14(10-26-17)16(25)22-7-3-4-12(9-22)8-19-15(24)13-5-2-6-18-13/h10,12-13,18H,2-9H2,1H3,(H,19,24)(H,20,21,23). The molecule has 2 saturated heterocycles. The Morgan fingerprint density at radius 2 is 2.19 bits per heavy atom. The molecule has 0 saturated carbocycles. The van der Waals surface area contributed by atoms with Crippen molar-refractivity contribution in [1.29, 1.82) is 0 Å². The van der Waals surface area contributed by atoms with Gasteiger partial charge in [-0.15, -0.1) is 11.3 Å². The molecule has 2 aliphatic rings. The van der Waals surface area contributed by atoms with Gasteiger partial charge in [0.05, 0.1) is 6.04 Å². The molecule has 26 heavy (non-hydrogen) atoms. The first-order valence-electron chi connectivity index (χ1n) is 9.06. The number of anilines is 1. The van der Waals surface area contributed by atoms with Crippen molar-refractivity contribution in [3.8, 4) is 0 Å². The molecular weight excluding hydrogens is 354 g/mol. The number of nitrogens with one attached hydrogen (secondary N) is 3. The molecule has 2 atom stereocenters. The minimum absolute atomic E-state index is 0.0606. The van der Waals surface area contributed by atoms with Crippen molar-refractivity contribution >= 4 is 34.2 Å². The lowest BCUT2D eigenvalue weighted by molar-refractivity contribution is -0.123. The highest BCUT2D eigenvalue weighted by Gasteiger charge is 2.27. The maximum Gasteiger partial charge on any atom is 0.273 e. The van der Waals surface area contributed by atoms with E-state index in [-0.39, 0.29) is 29.7 Å². The van der Waals surface area contributed by atoms with Crippen molar-refractivity contribution in [2.45, 2.75) is 38.6 Å². The number of carbonyl (C=O) groups is 3. The Kier molecular flexibility index (Phi) is 6.20. The van der Waals surface area contributed by atoms with E-state index in [9.17, 15) is 14.4 Å². The zero-order valence-electron chi connectivity index (χ0n) is 14.9. The highest BCUT2D eigenvalue weighted by molar-refractivity contribution is 7.14. The zero-order chi connectivity index (χ0) is 18.5. The Morgan fingerprint density at radius 3 is 2.92 bits per heavy atom. The van der Waals surface area contributed by atoms with E-state index in [1.165, 1.54) is 18.3 Å². The first-order chi connectivity index (χ1) is 12.5. The van der Waals surface area contributed by atoms with E-state index in [4.69, 9.17) is 0 Å². The number of amides is 3. The molecular formula is C17H25N5O3S. The molecule has 3 heterocycles. The molecule has 0 aliphatic carbocycles. The van der Waals surface area contributed by atoms with Gasteiger partial charge in [-0.25, -0.2) is 4.98 Å². The predicted octanol–water partition coefficient (Wildman–Crippen LogP) is 0.822. The highest BCUT2D eigenvalue weighted by atomic mass is 32.1. The molecule has 8 nitrogen and oxygen atoms in total. The van der Waals surface area contributed by atoms with Crippen LogP contribution >= 0.6 is 11.3 Å². The molecule has 2 unspecified atom stereocenters. The number of hydrogen-bond donors (Lipinski definition) is 3. The quantitative estimate of drug-likeness (QED) is 0.703. The fourth-order valence-electron chi connectivity index (χ4n) is 3.43. The lowest BCUT2D eigenvalue weighted by atomic mass is 9.97. The van der Waals surface area contributed by atoms with Crippen LogP contribution in [0.5, 0.6) is 0 Å². The maximum atomic E-state index is 12.7. The van der Waals surface area contributed by atoms with Gasteiger partial charge in [0.1, 0.15) is 5.69 Å². The van der Waals surface area contributed by atoms with Crippen molar-refractivity contribution in [2.24, 2.45) is 5.92 Å². The van der Waals surface area contributed by atoms with E-state index in [0.717, 1.165) is 32.2 Å². The molecule has 0 spiro atoms. The fraction of sp³-hybridized carbons (Fsp3) is 0.647. The molecule has 9 heteroatoms. The minimum atomic E-state index is -0.205. The second kappa shape index (κ2) is 8.59. The van der Waals surface area contributed by atoms with Gasteiger partial charge >= 0.3 is 0 Å². The summed E-state index contributed by atoms with van der Waals surface area (Å²) >= 11 is 1.24. The van der Waals surface area contributed by atoms with Crippen LogP contribution in [0.25, 0.3) is 0 Å². The summed E-state index contributed by atoms with van der Waals surface area (Å²) in [5, 5.41) is 10.9. The molecule has 2 fully saturated rings. The Labute approximate surface area is 156 Å². The smallest absolute Gasteiger partial charge is 0.273 e. The number of piperidine rings is 1. The SMILES string of the molecule is CC(=O)Nc1nc(C(=O)N2CCCC(CNC(=O)C3CCCN3)C2)cs1. The van der Waals surface area contributed by atoms with Gasteiger partial charge in [0.25, 0.3) is 5.91 Å². The van der Waals surface area contributed by atoms with Gasteiger partial charge in [0.15, 0.2) is 5.13 Å². The van der Waals surface area contributed by atoms with Crippen LogP contribution in [0.2, 0.25) is 0 Å².